The fraction of sp³-hybridized carbons (Fsp3) is 0.333. The minimum atomic E-state index is -3.47. The summed E-state index contributed by atoms with van der Waals surface area (Å²) in [6, 6.07) is 10.9. The summed E-state index contributed by atoms with van der Waals surface area (Å²) < 4.78 is 33.6. The van der Waals surface area contributed by atoms with E-state index in [0.29, 0.717) is 36.6 Å². The number of hydrogen-bond acceptors (Lipinski definition) is 6. The van der Waals surface area contributed by atoms with Crippen molar-refractivity contribution in [3.05, 3.63) is 52.8 Å². The van der Waals surface area contributed by atoms with Crippen LogP contribution in [0, 0.1) is 6.92 Å². The number of anilines is 1. The van der Waals surface area contributed by atoms with E-state index in [0.717, 1.165) is 26.8 Å². The Morgan fingerprint density at radius 2 is 1.83 bits per heavy atom. The van der Waals surface area contributed by atoms with Crippen LogP contribution in [0.4, 0.5) is 5.82 Å². The van der Waals surface area contributed by atoms with Crippen LogP contribution >= 0.6 is 15.9 Å². The Balaban J connectivity index is 1.48. The molecule has 0 saturated carbocycles. The van der Waals surface area contributed by atoms with Crippen LogP contribution in [0.5, 0.6) is 5.75 Å². The number of nitrogens with one attached hydrogen (secondary N) is 1. The highest BCUT2D eigenvalue weighted by Gasteiger charge is 2.29. The number of halogens is 1. The van der Waals surface area contributed by atoms with Crippen molar-refractivity contribution in [2.75, 3.05) is 25.5 Å². The zero-order valence-electron chi connectivity index (χ0n) is 16.8. The lowest BCUT2D eigenvalue weighted by atomic mass is 10.1. The van der Waals surface area contributed by atoms with Gasteiger partial charge in [-0.2, -0.15) is 4.31 Å². The molecule has 0 spiro atoms. The first-order chi connectivity index (χ1) is 14.4. The van der Waals surface area contributed by atoms with E-state index in [2.05, 4.69) is 31.2 Å². The average Bonchev–Trinajstić information content (AvgIpc) is 2.74. The third-order valence-corrected chi connectivity index (χ3v) is 7.90. The molecule has 0 radical (unpaired) electrons. The monoisotopic (exact) mass is 490 g/mol. The summed E-state index contributed by atoms with van der Waals surface area (Å²) in [6.45, 7) is 2.87. The van der Waals surface area contributed by atoms with E-state index in [4.69, 9.17) is 4.74 Å². The van der Waals surface area contributed by atoms with E-state index in [1.54, 1.807) is 23.5 Å². The van der Waals surface area contributed by atoms with Crippen molar-refractivity contribution in [2.45, 2.75) is 30.7 Å². The number of rotatable bonds is 5. The molecule has 0 aliphatic carbocycles. The number of fused-ring (bicyclic) bond motifs is 1. The second-order valence-corrected chi connectivity index (χ2v) is 10.2. The molecule has 2 heterocycles. The van der Waals surface area contributed by atoms with E-state index < -0.39 is 10.0 Å². The van der Waals surface area contributed by atoms with Crippen LogP contribution in [0.15, 0.2) is 52.1 Å². The normalized spacial score (nSPS) is 16.0. The van der Waals surface area contributed by atoms with E-state index in [1.165, 1.54) is 6.33 Å². The molecule has 1 aliphatic rings. The zero-order chi connectivity index (χ0) is 21.3. The lowest BCUT2D eigenvalue weighted by molar-refractivity contribution is 0.329. The largest absolute Gasteiger partial charge is 0.496 e. The number of ether oxygens (including phenoxy) is 1. The third-order valence-electron chi connectivity index (χ3n) is 5.36. The molecule has 1 fully saturated rings. The molecular weight excluding hydrogens is 468 g/mol. The summed E-state index contributed by atoms with van der Waals surface area (Å²) in [5.41, 5.74) is 1.84. The molecule has 0 unspecified atom stereocenters. The van der Waals surface area contributed by atoms with Gasteiger partial charge in [-0.3, -0.25) is 0 Å². The molecule has 1 saturated heterocycles. The van der Waals surface area contributed by atoms with Gasteiger partial charge < -0.3 is 10.1 Å². The molecule has 1 aliphatic heterocycles. The third kappa shape index (κ3) is 4.14. The summed E-state index contributed by atoms with van der Waals surface area (Å²) in [5.74, 6) is 1.44. The predicted molar refractivity (Wildman–Crippen MR) is 120 cm³/mol. The maximum Gasteiger partial charge on any atom is 0.243 e. The van der Waals surface area contributed by atoms with Crippen molar-refractivity contribution in [2.24, 2.45) is 0 Å². The zero-order valence-corrected chi connectivity index (χ0v) is 19.2. The van der Waals surface area contributed by atoms with Gasteiger partial charge in [0.15, 0.2) is 0 Å². The van der Waals surface area contributed by atoms with E-state index in [9.17, 15) is 8.42 Å². The summed E-state index contributed by atoms with van der Waals surface area (Å²) in [4.78, 5) is 9.08. The summed E-state index contributed by atoms with van der Waals surface area (Å²) in [6.07, 6.45) is 2.93. The number of benzene rings is 2. The fourth-order valence-electron chi connectivity index (χ4n) is 3.62. The van der Waals surface area contributed by atoms with Gasteiger partial charge in [0.2, 0.25) is 10.0 Å². The van der Waals surface area contributed by atoms with Crippen LogP contribution in [0.25, 0.3) is 10.9 Å². The molecule has 30 heavy (non-hydrogen) atoms. The Hall–Kier alpha value is -2.23. The Bertz CT molecular complexity index is 1160. The van der Waals surface area contributed by atoms with Crippen LogP contribution < -0.4 is 10.1 Å². The molecule has 0 amide bonds. The summed E-state index contributed by atoms with van der Waals surface area (Å²) >= 11 is 3.48. The molecule has 0 atom stereocenters. The maximum absolute atomic E-state index is 12.9. The first-order valence-corrected chi connectivity index (χ1v) is 11.9. The molecule has 1 N–H and O–H groups in total. The molecular formula is C21H23BrN4O3S. The number of nitrogens with zero attached hydrogens (tertiary/aromatic N) is 3. The predicted octanol–water partition coefficient (Wildman–Crippen LogP) is 3.97. The molecule has 9 heteroatoms. The minimum Gasteiger partial charge on any atom is -0.496 e. The van der Waals surface area contributed by atoms with Gasteiger partial charge in [-0.25, -0.2) is 18.4 Å². The Morgan fingerprint density at radius 3 is 2.50 bits per heavy atom. The van der Waals surface area contributed by atoms with Crippen LogP contribution in [0.3, 0.4) is 0 Å². The molecule has 0 bridgehead atoms. The highest BCUT2D eigenvalue weighted by Crippen LogP contribution is 2.32. The summed E-state index contributed by atoms with van der Waals surface area (Å²) in [5, 5.41) is 4.34. The van der Waals surface area contributed by atoms with Gasteiger partial charge in [-0.05, 0) is 60.0 Å². The number of hydrogen-bond donors (Lipinski definition) is 1. The van der Waals surface area contributed by atoms with E-state index >= 15 is 0 Å². The van der Waals surface area contributed by atoms with E-state index in [1.807, 2.05) is 31.2 Å². The number of sulfonamides is 1. The van der Waals surface area contributed by atoms with Crippen molar-refractivity contribution < 1.29 is 13.2 Å². The first kappa shape index (κ1) is 21.0. The lowest BCUT2D eigenvalue weighted by Crippen LogP contribution is -2.42. The number of piperidine rings is 1. The van der Waals surface area contributed by atoms with E-state index in [-0.39, 0.29) is 6.04 Å². The Labute approximate surface area is 184 Å². The number of aryl methyl sites for hydroxylation is 1. The average molecular weight is 491 g/mol. The second kappa shape index (κ2) is 8.49. The highest BCUT2D eigenvalue weighted by atomic mass is 79.9. The SMILES string of the molecule is COc1cc2c(NC3CCN(S(=O)(=O)c4ccc(C)cc4)CC3)ncnc2cc1Br. The van der Waals surface area contributed by atoms with Gasteiger partial charge in [0.25, 0.3) is 0 Å². The van der Waals surface area contributed by atoms with Gasteiger partial charge in [0.05, 0.1) is 22.0 Å². The highest BCUT2D eigenvalue weighted by molar-refractivity contribution is 9.10. The van der Waals surface area contributed by atoms with Gasteiger partial charge >= 0.3 is 0 Å². The Morgan fingerprint density at radius 1 is 1.13 bits per heavy atom. The van der Waals surface area contributed by atoms with Crippen LogP contribution in [0.1, 0.15) is 18.4 Å². The van der Waals surface area contributed by atoms with Crippen LogP contribution in [-0.4, -0.2) is 48.9 Å². The Kier molecular flexibility index (Phi) is 5.95. The van der Waals surface area contributed by atoms with Crippen molar-refractivity contribution in [3.63, 3.8) is 0 Å². The standard InChI is InChI=1S/C21H23BrN4O3S/c1-14-3-5-16(6-4-14)30(27,28)26-9-7-15(8-10-26)25-21-17-11-20(29-2)18(22)12-19(17)23-13-24-21/h3-6,11-13,15H,7-10H2,1-2H3,(H,23,24,25). The number of aromatic nitrogens is 2. The lowest BCUT2D eigenvalue weighted by Gasteiger charge is -2.32. The smallest absolute Gasteiger partial charge is 0.243 e. The molecule has 1 aromatic heterocycles. The minimum absolute atomic E-state index is 0.127. The van der Waals surface area contributed by atoms with Gasteiger partial charge in [0, 0.05) is 24.5 Å². The molecule has 3 aromatic rings. The van der Waals surface area contributed by atoms with Crippen molar-refractivity contribution in [1.29, 1.82) is 0 Å². The fourth-order valence-corrected chi connectivity index (χ4v) is 5.59. The summed E-state index contributed by atoms with van der Waals surface area (Å²) in [7, 11) is -1.85. The quantitative estimate of drug-likeness (QED) is 0.582. The van der Waals surface area contributed by atoms with Crippen molar-refractivity contribution in [1.82, 2.24) is 14.3 Å². The molecule has 4 rings (SSSR count). The first-order valence-electron chi connectivity index (χ1n) is 9.70. The molecule has 2 aromatic carbocycles. The molecule has 158 valence electrons. The topological polar surface area (TPSA) is 84.4 Å². The van der Waals surface area contributed by atoms with Crippen LogP contribution in [0.2, 0.25) is 0 Å². The van der Waals surface area contributed by atoms with Crippen LogP contribution in [-0.2, 0) is 10.0 Å². The van der Waals surface area contributed by atoms with Gasteiger partial charge in [-0.15, -0.1) is 0 Å². The molecule has 7 nitrogen and oxygen atoms in total. The maximum atomic E-state index is 12.9. The number of methoxy groups -OCH3 is 1. The second-order valence-electron chi connectivity index (χ2n) is 7.36. The van der Waals surface area contributed by atoms with Crippen molar-refractivity contribution in [3.8, 4) is 5.75 Å². The van der Waals surface area contributed by atoms with Gasteiger partial charge in [-0.1, -0.05) is 17.7 Å². The van der Waals surface area contributed by atoms with Gasteiger partial charge in [0.1, 0.15) is 17.9 Å². The van der Waals surface area contributed by atoms with Crippen molar-refractivity contribution >= 4 is 42.7 Å².